The number of rotatable bonds is 1. The van der Waals surface area contributed by atoms with Crippen molar-refractivity contribution in [3.05, 3.63) is 0 Å². The fourth-order valence-electron chi connectivity index (χ4n) is 0.330. The Kier molecular flexibility index (Phi) is 1.41. The average molecular weight is 122 g/mol. The first-order chi connectivity index (χ1) is 3.30. The molecule has 0 spiro atoms. The summed E-state index contributed by atoms with van der Waals surface area (Å²) in [6.45, 7) is 0.895. The van der Waals surface area contributed by atoms with E-state index >= 15 is 0 Å². The van der Waals surface area contributed by atoms with E-state index < -0.39 is 11.1 Å². The van der Waals surface area contributed by atoms with Crippen molar-refractivity contribution in [2.24, 2.45) is 0 Å². The minimum Gasteiger partial charge on any atom is -0.379 e. The van der Waals surface area contributed by atoms with Gasteiger partial charge in [-0.1, -0.05) is 0 Å². The summed E-state index contributed by atoms with van der Waals surface area (Å²) >= 11 is -1.65. The molecule has 0 bridgehead atoms. The molecule has 42 valence electrons. The Morgan fingerprint density at radius 1 is 1.71 bits per heavy atom. The van der Waals surface area contributed by atoms with Crippen LogP contribution in [-0.2, 0) is 15.8 Å². The van der Waals surface area contributed by atoms with E-state index in [1.807, 2.05) is 0 Å². The molecule has 1 aliphatic heterocycles. The fourth-order valence-corrected chi connectivity index (χ4v) is 0.756. The number of ether oxygens (including phenoxy) is 1. The van der Waals surface area contributed by atoms with Gasteiger partial charge in [0.25, 0.3) is 0 Å². The molecule has 1 N–H and O–H groups in total. The van der Waals surface area contributed by atoms with Crippen LogP contribution in [0.5, 0.6) is 0 Å². The average Bonchev–Trinajstić information content (AvgIpc) is 1.23. The van der Waals surface area contributed by atoms with Gasteiger partial charge in [0.1, 0.15) is 5.25 Å². The standard InChI is InChI=1S/C3H6O3S/c4-7(5)3-1-6-2-3/h3H,1-2H2,(H,4,5). The first-order valence-electron chi connectivity index (χ1n) is 1.98. The monoisotopic (exact) mass is 122 g/mol. The predicted octanol–water partition coefficient (Wildman–Crippen LogP) is -0.393. The molecule has 7 heavy (non-hydrogen) atoms. The maximum Gasteiger partial charge on any atom is 0.160 e. The minimum absolute atomic E-state index is 0.111. The Morgan fingerprint density at radius 3 is 2.29 bits per heavy atom. The maximum atomic E-state index is 10.0. The first kappa shape index (κ1) is 5.21. The molecule has 4 heteroatoms. The Labute approximate surface area is 44.0 Å². The van der Waals surface area contributed by atoms with Gasteiger partial charge in [0.15, 0.2) is 11.1 Å². The van der Waals surface area contributed by atoms with Crippen LogP contribution in [0.2, 0.25) is 0 Å². The van der Waals surface area contributed by atoms with Crippen molar-refractivity contribution < 1.29 is 13.5 Å². The van der Waals surface area contributed by atoms with Gasteiger partial charge in [-0.2, -0.15) is 0 Å². The lowest BCUT2D eigenvalue weighted by Gasteiger charge is -2.21. The van der Waals surface area contributed by atoms with Crippen LogP contribution in [0.1, 0.15) is 0 Å². The van der Waals surface area contributed by atoms with Crippen molar-refractivity contribution in [1.29, 1.82) is 0 Å². The predicted molar refractivity (Wildman–Crippen MR) is 25.4 cm³/mol. The SMILES string of the molecule is O=S(O)C1COC1. The van der Waals surface area contributed by atoms with Crippen LogP contribution in [0, 0.1) is 0 Å². The normalized spacial score (nSPS) is 26.4. The van der Waals surface area contributed by atoms with Crippen molar-refractivity contribution >= 4 is 11.1 Å². The molecule has 1 fully saturated rings. The molecule has 0 saturated carbocycles. The molecule has 1 unspecified atom stereocenters. The molecule has 0 radical (unpaired) electrons. The molecule has 1 saturated heterocycles. The zero-order chi connectivity index (χ0) is 5.28. The highest BCUT2D eigenvalue weighted by Gasteiger charge is 2.23. The topological polar surface area (TPSA) is 46.5 Å². The van der Waals surface area contributed by atoms with Gasteiger partial charge < -0.3 is 9.29 Å². The Hall–Kier alpha value is 0.0700. The molecular weight excluding hydrogens is 116 g/mol. The summed E-state index contributed by atoms with van der Waals surface area (Å²) in [5, 5.41) is -0.111. The van der Waals surface area contributed by atoms with E-state index in [0.29, 0.717) is 13.2 Å². The second-order valence-electron chi connectivity index (χ2n) is 1.44. The third kappa shape index (κ3) is 0.992. The molecule has 0 amide bonds. The lowest BCUT2D eigenvalue weighted by Crippen LogP contribution is -2.36. The summed E-state index contributed by atoms with van der Waals surface area (Å²) in [6, 6.07) is 0. The van der Waals surface area contributed by atoms with Crippen LogP contribution >= 0.6 is 0 Å². The molecule has 0 aromatic rings. The van der Waals surface area contributed by atoms with E-state index in [2.05, 4.69) is 4.74 Å². The molecule has 1 aliphatic rings. The lowest BCUT2D eigenvalue weighted by molar-refractivity contribution is 0.0411. The zero-order valence-electron chi connectivity index (χ0n) is 3.66. The maximum absolute atomic E-state index is 10.0. The molecule has 1 atom stereocenters. The Bertz CT molecular complexity index is 88.2. The summed E-state index contributed by atoms with van der Waals surface area (Å²) in [5.74, 6) is 0. The van der Waals surface area contributed by atoms with Crippen molar-refractivity contribution in [2.75, 3.05) is 13.2 Å². The van der Waals surface area contributed by atoms with Crippen LogP contribution in [0.25, 0.3) is 0 Å². The highest BCUT2D eigenvalue weighted by molar-refractivity contribution is 7.80. The van der Waals surface area contributed by atoms with Gasteiger partial charge >= 0.3 is 0 Å². The lowest BCUT2D eigenvalue weighted by atomic mass is 10.4. The largest absolute Gasteiger partial charge is 0.379 e. The van der Waals surface area contributed by atoms with Gasteiger partial charge in [-0.25, -0.2) is 4.21 Å². The summed E-state index contributed by atoms with van der Waals surface area (Å²) < 4.78 is 22.9. The number of hydrogen-bond acceptors (Lipinski definition) is 2. The number of hydrogen-bond donors (Lipinski definition) is 1. The van der Waals surface area contributed by atoms with Crippen molar-refractivity contribution in [3.8, 4) is 0 Å². The van der Waals surface area contributed by atoms with Crippen LogP contribution in [0.15, 0.2) is 0 Å². The van der Waals surface area contributed by atoms with Crippen molar-refractivity contribution in [1.82, 2.24) is 0 Å². The third-order valence-electron chi connectivity index (χ3n) is 0.893. The van der Waals surface area contributed by atoms with E-state index in [-0.39, 0.29) is 5.25 Å². The summed E-state index contributed by atoms with van der Waals surface area (Å²) in [4.78, 5) is 0. The summed E-state index contributed by atoms with van der Waals surface area (Å²) in [6.07, 6.45) is 0. The highest BCUT2D eigenvalue weighted by Crippen LogP contribution is 2.05. The zero-order valence-corrected chi connectivity index (χ0v) is 4.48. The van der Waals surface area contributed by atoms with E-state index in [0.717, 1.165) is 0 Å². The van der Waals surface area contributed by atoms with Crippen LogP contribution in [0.4, 0.5) is 0 Å². The van der Waals surface area contributed by atoms with Crippen LogP contribution in [-0.4, -0.2) is 27.2 Å². The van der Waals surface area contributed by atoms with E-state index in [4.69, 9.17) is 4.55 Å². The van der Waals surface area contributed by atoms with E-state index in [9.17, 15) is 4.21 Å². The quantitative estimate of drug-likeness (QED) is 0.482. The summed E-state index contributed by atoms with van der Waals surface area (Å²) in [7, 11) is 0. The minimum atomic E-state index is -1.65. The molecule has 0 aromatic heterocycles. The van der Waals surface area contributed by atoms with Crippen LogP contribution < -0.4 is 0 Å². The Morgan fingerprint density at radius 2 is 2.29 bits per heavy atom. The van der Waals surface area contributed by atoms with Gasteiger partial charge in [0.05, 0.1) is 13.2 Å². The molecule has 1 heterocycles. The smallest absolute Gasteiger partial charge is 0.160 e. The van der Waals surface area contributed by atoms with Gasteiger partial charge in [-0.15, -0.1) is 0 Å². The van der Waals surface area contributed by atoms with E-state index in [1.54, 1.807) is 0 Å². The first-order valence-corrected chi connectivity index (χ1v) is 3.15. The summed E-state index contributed by atoms with van der Waals surface area (Å²) in [5.41, 5.74) is 0. The Balaban J connectivity index is 2.27. The van der Waals surface area contributed by atoms with Gasteiger partial charge in [0.2, 0.25) is 0 Å². The molecule has 0 aliphatic carbocycles. The molecule has 0 aromatic carbocycles. The third-order valence-corrected chi connectivity index (χ3v) is 1.74. The van der Waals surface area contributed by atoms with Gasteiger partial charge in [0, 0.05) is 0 Å². The van der Waals surface area contributed by atoms with Crippen molar-refractivity contribution in [3.63, 3.8) is 0 Å². The van der Waals surface area contributed by atoms with Crippen LogP contribution in [0.3, 0.4) is 0 Å². The fraction of sp³-hybridized carbons (Fsp3) is 1.00. The van der Waals surface area contributed by atoms with Gasteiger partial charge in [-0.3, -0.25) is 0 Å². The molecule has 1 rings (SSSR count). The molecular formula is C3H6O3S. The molecule has 3 nitrogen and oxygen atoms in total. The van der Waals surface area contributed by atoms with E-state index in [1.165, 1.54) is 0 Å². The second-order valence-corrected chi connectivity index (χ2v) is 2.65. The van der Waals surface area contributed by atoms with Gasteiger partial charge in [-0.05, 0) is 0 Å². The second kappa shape index (κ2) is 1.90. The van der Waals surface area contributed by atoms with Crippen molar-refractivity contribution in [2.45, 2.75) is 5.25 Å². The highest BCUT2D eigenvalue weighted by atomic mass is 32.2.